The molecule has 8 heteroatoms. The lowest BCUT2D eigenvalue weighted by Gasteiger charge is -2.23. The Morgan fingerprint density at radius 1 is 1.12 bits per heavy atom. The van der Waals surface area contributed by atoms with Crippen LogP contribution < -0.4 is 11.1 Å². The molecule has 1 atom stereocenters. The number of pyridine rings is 1. The molecule has 0 spiro atoms. The first kappa shape index (κ1) is 22.1. The van der Waals surface area contributed by atoms with E-state index in [0.717, 1.165) is 29.5 Å². The van der Waals surface area contributed by atoms with Crippen LogP contribution in [0, 0.1) is 5.82 Å². The number of halogens is 1. The molecule has 0 saturated carbocycles. The number of carbonyl (C=O) groups is 3. The number of ether oxygens (including phenoxy) is 1. The van der Waals surface area contributed by atoms with Crippen molar-refractivity contribution in [1.29, 1.82) is 0 Å². The van der Waals surface area contributed by atoms with E-state index in [4.69, 9.17) is 15.5 Å². The molecular formula is C25H22FN3O4. The van der Waals surface area contributed by atoms with Crippen LogP contribution in [0.25, 0.3) is 22.6 Å². The molecule has 3 aromatic rings. The molecule has 0 radical (unpaired) electrons. The van der Waals surface area contributed by atoms with E-state index in [9.17, 15) is 18.8 Å². The normalized spacial score (nSPS) is 15.0. The third-order valence-corrected chi connectivity index (χ3v) is 5.48. The Balaban J connectivity index is 1.79. The van der Waals surface area contributed by atoms with Crippen LogP contribution in [-0.2, 0) is 16.0 Å². The zero-order valence-corrected chi connectivity index (χ0v) is 17.9. The van der Waals surface area contributed by atoms with E-state index in [2.05, 4.69) is 0 Å². The smallest absolute Gasteiger partial charge is 0.339 e. The van der Waals surface area contributed by atoms with Crippen molar-refractivity contribution < 1.29 is 23.5 Å². The number of allylic oxidation sites excluding steroid dienone is 1. The summed E-state index contributed by atoms with van der Waals surface area (Å²) in [5.41, 5.74) is 9.12. The molecule has 4 rings (SSSR count). The number of nitrogens with two attached hydrogens (primary N) is 1. The zero-order valence-electron chi connectivity index (χ0n) is 17.9. The summed E-state index contributed by atoms with van der Waals surface area (Å²) < 4.78 is 18.7. The fraction of sp³-hybridized carbons (Fsp3) is 0.200. The van der Waals surface area contributed by atoms with Crippen molar-refractivity contribution in [2.75, 3.05) is 0 Å². The Kier molecular flexibility index (Phi) is 6.17. The quantitative estimate of drug-likeness (QED) is 0.588. The number of rotatable bonds is 4. The number of para-hydroxylation sites is 1. The van der Waals surface area contributed by atoms with Crippen molar-refractivity contribution in [2.24, 2.45) is 5.73 Å². The Hall–Kier alpha value is -4.07. The van der Waals surface area contributed by atoms with Crippen LogP contribution in [0.2, 0.25) is 0 Å². The fourth-order valence-corrected chi connectivity index (χ4v) is 3.96. The number of hydrogen-bond acceptors (Lipinski definition) is 5. The Morgan fingerprint density at radius 3 is 2.58 bits per heavy atom. The molecule has 3 amide bonds. The number of benzene rings is 2. The van der Waals surface area contributed by atoms with Crippen LogP contribution in [0.15, 0.2) is 48.5 Å². The van der Waals surface area contributed by atoms with Gasteiger partial charge in [0, 0.05) is 5.39 Å². The molecule has 33 heavy (non-hydrogen) atoms. The number of carbonyl (C=O) groups excluding carboxylic acids is 3. The molecule has 1 aromatic heterocycles. The van der Waals surface area contributed by atoms with Gasteiger partial charge in [0.25, 0.3) is 5.91 Å². The summed E-state index contributed by atoms with van der Waals surface area (Å²) in [5, 5.41) is 2.53. The van der Waals surface area contributed by atoms with Gasteiger partial charge in [-0.05, 0) is 67.2 Å². The van der Waals surface area contributed by atoms with Crippen molar-refractivity contribution in [2.45, 2.75) is 32.3 Å². The Bertz CT molecular complexity index is 1280. The maximum atomic E-state index is 13.3. The third-order valence-electron chi connectivity index (χ3n) is 5.48. The van der Waals surface area contributed by atoms with Gasteiger partial charge in [0.05, 0.1) is 16.8 Å². The number of aromatic nitrogens is 1. The first-order valence-electron chi connectivity index (χ1n) is 10.5. The van der Waals surface area contributed by atoms with Gasteiger partial charge in [0.2, 0.25) is 0 Å². The van der Waals surface area contributed by atoms with E-state index in [1.807, 2.05) is 17.5 Å². The molecule has 0 saturated heterocycles. The average molecular weight is 447 g/mol. The van der Waals surface area contributed by atoms with Gasteiger partial charge < -0.3 is 10.5 Å². The van der Waals surface area contributed by atoms with E-state index in [-0.39, 0.29) is 5.82 Å². The summed E-state index contributed by atoms with van der Waals surface area (Å²) in [6, 6.07) is 12.4. The van der Waals surface area contributed by atoms with Gasteiger partial charge in [-0.2, -0.15) is 0 Å². The van der Waals surface area contributed by atoms with E-state index in [0.29, 0.717) is 28.6 Å². The number of esters is 1. The molecule has 1 aliphatic rings. The molecule has 1 aliphatic carbocycles. The molecule has 7 nitrogen and oxygen atoms in total. The van der Waals surface area contributed by atoms with Crippen LogP contribution in [0.4, 0.5) is 9.18 Å². The first-order chi connectivity index (χ1) is 15.8. The summed E-state index contributed by atoms with van der Waals surface area (Å²) in [6.45, 7) is 1.37. The second-order valence-electron chi connectivity index (χ2n) is 7.81. The standard InChI is InChI=1S/C25H22FN3O4/c1-14(23(30)29-25(27)32)33-24(31)21-18-6-2-3-8-20(18)28-22-16(5-4-7-19(21)22)13-15-9-11-17(26)12-10-15/h2-3,6,8-14H,4-5,7H2,1H3,(H3,27,29,30,32)/b16-13+. The maximum Gasteiger partial charge on any atom is 0.339 e. The first-order valence-corrected chi connectivity index (χ1v) is 10.5. The second-order valence-corrected chi connectivity index (χ2v) is 7.81. The highest BCUT2D eigenvalue weighted by molar-refractivity contribution is 6.07. The minimum Gasteiger partial charge on any atom is -0.449 e. The van der Waals surface area contributed by atoms with Crippen LogP contribution in [0.5, 0.6) is 0 Å². The summed E-state index contributed by atoms with van der Waals surface area (Å²) in [6.07, 6.45) is 2.88. The van der Waals surface area contributed by atoms with Gasteiger partial charge >= 0.3 is 12.0 Å². The lowest BCUT2D eigenvalue weighted by atomic mass is 9.86. The number of primary amides is 1. The topological polar surface area (TPSA) is 111 Å². The van der Waals surface area contributed by atoms with Gasteiger partial charge in [-0.3, -0.25) is 10.1 Å². The lowest BCUT2D eigenvalue weighted by Crippen LogP contribution is -2.42. The number of hydrogen-bond donors (Lipinski definition) is 2. The van der Waals surface area contributed by atoms with Gasteiger partial charge in [-0.1, -0.05) is 30.3 Å². The monoisotopic (exact) mass is 447 g/mol. The highest BCUT2D eigenvalue weighted by atomic mass is 19.1. The lowest BCUT2D eigenvalue weighted by molar-refractivity contribution is -0.127. The van der Waals surface area contributed by atoms with Crippen molar-refractivity contribution in [3.8, 4) is 0 Å². The molecule has 0 bridgehead atoms. The predicted octanol–water partition coefficient (Wildman–Crippen LogP) is 3.99. The van der Waals surface area contributed by atoms with Crippen LogP contribution in [0.1, 0.15) is 46.9 Å². The second kappa shape index (κ2) is 9.20. The number of imide groups is 1. The van der Waals surface area contributed by atoms with Crippen molar-refractivity contribution >= 4 is 40.5 Å². The van der Waals surface area contributed by atoms with Crippen molar-refractivity contribution in [3.05, 3.63) is 76.7 Å². The van der Waals surface area contributed by atoms with Gasteiger partial charge in [0.15, 0.2) is 6.10 Å². The van der Waals surface area contributed by atoms with Crippen LogP contribution in [-0.4, -0.2) is 29.0 Å². The highest BCUT2D eigenvalue weighted by Crippen LogP contribution is 2.36. The molecule has 1 heterocycles. The van der Waals surface area contributed by atoms with Crippen molar-refractivity contribution in [1.82, 2.24) is 10.3 Å². The largest absolute Gasteiger partial charge is 0.449 e. The summed E-state index contributed by atoms with van der Waals surface area (Å²) in [4.78, 5) is 41.0. The summed E-state index contributed by atoms with van der Waals surface area (Å²) in [7, 11) is 0. The number of amides is 3. The number of fused-ring (bicyclic) bond motifs is 2. The minimum atomic E-state index is -1.22. The highest BCUT2D eigenvalue weighted by Gasteiger charge is 2.28. The van der Waals surface area contributed by atoms with E-state index in [1.54, 1.807) is 30.3 Å². The molecule has 0 aliphatic heterocycles. The van der Waals surface area contributed by atoms with Gasteiger partial charge in [-0.15, -0.1) is 0 Å². The summed E-state index contributed by atoms with van der Waals surface area (Å²) >= 11 is 0. The molecule has 3 N–H and O–H groups in total. The molecular weight excluding hydrogens is 425 g/mol. The van der Waals surface area contributed by atoms with Crippen LogP contribution in [0.3, 0.4) is 0 Å². The number of nitrogens with zero attached hydrogens (tertiary/aromatic N) is 1. The molecule has 0 fully saturated rings. The minimum absolute atomic E-state index is 0.315. The Morgan fingerprint density at radius 2 is 1.85 bits per heavy atom. The van der Waals surface area contributed by atoms with Crippen molar-refractivity contribution in [3.63, 3.8) is 0 Å². The molecule has 2 aromatic carbocycles. The number of nitrogens with one attached hydrogen (secondary N) is 1. The average Bonchev–Trinajstić information content (AvgIpc) is 2.78. The molecule has 1 unspecified atom stereocenters. The van der Waals surface area contributed by atoms with Gasteiger partial charge in [0.1, 0.15) is 5.82 Å². The van der Waals surface area contributed by atoms with Gasteiger partial charge in [-0.25, -0.2) is 19.0 Å². The molecule has 168 valence electrons. The third kappa shape index (κ3) is 4.74. The SMILES string of the molecule is CC(OC(=O)c1c2c(nc3ccccc13)/C(=C/c1ccc(F)cc1)CCC2)C(=O)NC(N)=O. The Labute approximate surface area is 189 Å². The predicted molar refractivity (Wildman–Crippen MR) is 122 cm³/mol. The van der Waals surface area contributed by atoms with E-state index >= 15 is 0 Å². The fourth-order valence-electron chi connectivity index (χ4n) is 3.96. The maximum absolute atomic E-state index is 13.3. The summed E-state index contributed by atoms with van der Waals surface area (Å²) in [5.74, 6) is -1.80. The zero-order chi connectivity index (χ0) is 23.5. The van der Waals surface area contributed by atoms with Crippen LogP contribution >= 0.6 is 0 Å². The van der Waals surface area contributed by atoms with E-state index < -0.39 is 24.0 Å². The van der Waals surface area contributed by atoms with E-state index in [1.165, 1.54) is 19.1 Å². The number of urea groups is 1.